The maximum atomic E-state index is 11.7. The summed E-state index contributed by atoms with van der Waals surface area (Å²) in [4.78, 5) is 46.2. The Morgan fingerprint density at radius 1 is 0.759 bits per heavy atom. The van der Waals surface area contributed by atoms with E-state index in [9.17, 15) is 19.2 Å². The highest BCUT2D eigenvalue weighted by atomic mass is 16.7. The minimum absolute atomic E-state index is 0.121. The van der Waals surface area contributed by atoms with Crippen molar-refractivity contribution in [2.24, 2.45) is 0 Å². The number of hydrogen-bond acceptors (Lipinski definition) is 10. The number of carbonyl (C=O) groups excluding carboxylic acids is 4. The molecule has 0 saturated carbocycles. The van der Waals surface area contributed by atoms with Gasteiger partial charge in [-0.2, -0.15) is 0 Å². The van der Waals surface area contributed by atoms with Crippen LogP contribution in [0, 0.1) is 0 Å². The summed E-state index contributed by atoms with van der Waals surface area (Å²) in [6.07, 6.45) is -4.04. The van der Waals surface area contributed by atoms with E-state index in [0.29, 0.717) is 0 Å². The Balaban J connectivity index is 3.26. The van der Waals surface area contributed by atoms with Gasteiger partial charge in [0.05, 0.1) is 6.61 Å². The fourth-order valence-corrected chi connectivity index (χ4v) is 2.63. The van der Waals surface area contributed by atoms with Crippen LogP contribution in [0.3, 0.4) is 0 Å². The zero-order chi connectivity index (χ0) is 22.1. The first-order valence-corrected chi connectivity index (χ1v) is 9.06. The Morgan fingerprint density at radius 3 is 1.76 bits per heavy atom. The molecule has 1 aliphatic rings. The smallest absolute Gasteiger partial charge is 0.303 e. The fraction of sp³-hybridized carbons (Fsp3) is 0.684. The van der Waals surface area contributed by atoms with E-state index in [-0.39, 0.29) is 13.2 Å². The van der Waals surface area contributed by atoms with E-state index >= 15 is 0 Å². The van der Waals surface area contributed by atoms with Gasteiger partial charge >= 0.3 is 23.9 Å². The highest BCUT2D eigenvalue weighted by molar-refractivity contribution is 5.68. The lowest BCUT2D eigenvalue weighted by atomic mass is 9.98. The molecule has 0 amide bonds. The molecule has 5 atom stereocenters. The minimum atomic E-state index is -1.23. The van der Waals surface area contributed by atoms with Crippen molar-refractivity contribution in [3.8, 4) is 0 Å². The van der Waals surface area contributed by atoms with Crippen molar-refractivity contribution < 1.29 is 47.6 Å². The van der Waals surface area contributed by atoms with Gasteiger partial charge in [-0.25, -0.2) is 0 Å². The van der Waals surface area contributed by atoms with Gasteiger partial charge < -0.3 is 28.4 Å². The Bertz CT molecular complexity index is 637. The van der Waals surface area contributed by atoms with Gasteiger partial charge in [0, 0.05) is 27.7 Å². The Kier molecular flexibility index (Phi) is 9.76. The minimum Gasteiger partial charge on any atom is -0.463 e. The van der Waals surface area contributed by atoms with Crippen molar-refractivity contribution in [1.29, 1.82) is 0 Å². The summed E-state index contributed by atoms with van der Waals surface area (Å²) >= 11 is 0. The van der Waals surface area contributed by atoms with Gasteiger partial charge in [-0.1, -0.05) is 11.6 Å². The third-order valence-corrected chi connectivity index (χ3v) is 3.70. The van der Waals surface area contributed by atoms with Crippen molar-refractivity contribution >= 4 is 23.9 Å². The number of ether oxygens (including phenoxy) is 6. The molecule has 0 aromatic rings. The van der Waals surface area contributed by atoms with Crippen LogP contribution in [0.4, 0.5) is 0 Å². The standard InChI is InChI=1S/C19H28O10/c1-10(2)7-8-24-19-18(28-14(6)23)17(27-13(5)22)16(26-12(4)21)15(29-19)9-25-11(3)20/h7,15-19H,8-9H2,1-6H3/t15-,16-,17+,18-,19-/m1/s1. The lowest BCUT2D eigenvalue weighted by Crippen LogP contribution is -2.62. The van der Waals surface area contributed by atoms with Gasteiger partial charge in [0.1, 0.15) is 12.7 Å². The molecular formula is C19H28O10. The van der Waals surface area contributed by atoms with E-state index in [1.165, 1.54) is 13.8 Å². The van der Waals surface area contributed by atoms with E-state index in [4.69, 9.17) is 28.4 Å². The van der Waals surface area contributed by atoms with Gasteiger partial charge in [0.2, 0.25) is 0 Å². The number of carbonyl (C=O) groups is 4. The first kappa shape index (κ1) is 24.6. The van der Waals surface area contributed by atoms with Crippen LogP contribution in [0.25, 0.3) is 0 Å². The van der Waals surface area contributed by atoms with E-state index in [0.717, 1.165) is 19.4 Å². The largest absolute Gasteiger partial charge is 0.463 e. The molecule has 1 saturated heterocycles. The third kappa shape index (κ3) is 8.61. The van der Waals surface area contributed by atoms with Crippen LogP contribution in [0.2, 0.25) is 0 Å². The topological polar surface area (TPSA) is 124 Å². The SMILES string of the molecule is CC(=O)OC[C@H]1O[C@@H](OCC=C(C)C)[C@H](OC(C)=O)[C@@H](OC(C)=O)[C@@H]1OC(C)=O. The number of esters is 4. The average molecular weight is 416 g/mol. The Hall–Kier alpha value is -2.46. The second-order valence-electron chi connectivity index (χ2n) is 6.68. The maximum Gasteiger partial charge on any atom is 0.303 e. The van der Waals surface area contributed by atoms with Crippen molar-refractivity contribution in [2.45, 2.75) is 72.2 Å². The van der Waals surface area contributed by atoms with Crippen LogP contribution < -0.4 is 0 Å². The monoisotopic (exact) mass is 416 g/mol. The summed E-state index contributed by atoms with van der Waals surface area (Å²) in [7, 11) is 0. The molecular weight excluding hydrogens is 388 g/mol. The molecule has 10 nitrogen and oxygen atoms in total. The summed E-state index contributed by atoms with van der Waals surface area (Å²) in [5.74, 6) is -2.63. The molecule has 0 radical (unpaired) electrons. The van der Waals surface area contributed by atoms with Crippen molar-refractivity contribution in [3.05, 3.63) is 11.6 Å². The molecule has 0 aromatic carbocycles. The molecule has 0 bridgehead atoms. The van der Waals surface area contributed by atoms with Crippen LogP contribution in [0.1, 0.15) is 41.5 Å². The summed E-state index contributed by atoms with van der Waals surface area (Å²) < 4.78 is 32.3. The molecule has 1 fully saturated rings. The second kappa shape index (κ2) is 11.5. The first-order chi connectivity index (χ1) is 13.5. The molecule has 0 unspecified atom stereocenters. The predicted molar refractivity (Wildman–Crippen MR) is 97.3 cm³/mol. The summed E-state index contributed by atoms with van der Waals surface area (Å²) in [6, 6.07) is 0. The van der Waals surface area contributed by atoms with E-state index in [1.54, 1.807) is 6.08 Å². The van der Waals surface area contributed by atoms with Crippen LogP contribution >= 0.6 is 0 Å². The number of hydrogen-bond donors (Lipinski definition) is 0. The molecule has 1 rings (SSSR count). The van der Waals surface area contributed by atoms with Crippen molar-refractivity contribution in [2.75, 3.05) is 13.2 Å². The highest BCUT2D eigenvalue weighted by Crippen LogP contribution is 2.30. The predicted octanol–water partition coefficient (Wildman–Crippen LogP) is 1.05. The Morgan fingerprint density at radius 2 is 1.28 bits per heavy atom. The van der Waals surface area contributed by atoms with Crippen molar-refractivity contribution in [1.82, 2.24) is 0 Å². The van der Waals surface area contributed by atoms with Crippen LogP contribution in [0.5, 0.6) is 0 Å². The van der Waals surface area contributed by atoms with Gasteiger partial charge in [-0.05, 0) is 13.8 Å². The molecule has 1 aliphatic heterocycles. The maximum absolute atomic E-state index is 11.7. The molecule has 0 aromatic heterocycles. The zero-order valence-corrected chi connectivity index (χ0v) is 17.5. The number of allylic oxidation sites excluding steroid dienone is 1. The summed E-state index contributed by atoms with van der Waals surface area (Å²) in [6.45, 7) is 8.27. The second-order valence-corrected chi connectivity index (χ2v) is 6.68. The third-order valence-electron chi connectivity index (χ3n) is 3.70. The van der Waals surface area contributed by atoms with Crippen LogP contribution in [0.15, 0.2) is 11.6 Å². The molecule has 10 heteroatoms. The van der Waals surface area contributed by atoms with Crippen LogP contribution in [-0.2, 0) is 47.6 Å². The normalized spacial score (nSPS) is 26.1. The quantitative estimate of drug-likeness (QED) is 0.322. The average Bonchev–Trinajstić information content (AvgIpc) is 2.56. The van der Waals surface area contributed by atoms with Gasteiger partial charge in [-0.15, -0.1) is 0 Å². The van der Waals surface area contributed by atoms with Crippen LogP contribution in [-0.4, -0.2) is 67.8 Å². The summed E-state index contributed by atoms with van der Waals surface area (Å²) in [5, 5.41) is 0. The first-order valence-electron chi connectivity index (χ1n) is 9.06. The van der Waals surface area contributed by atoms with E-state index in [1.807, 2.05) is 13.8 Å². The van der Waals surface area contributed by atoms with Gasteiger partial charge in [0.25, 0.3) is 0 Å². The molecule has 0 spiro atoms. The molecule has 0 aliphatic carbocycles. The highest BCUT2D eigenvalue weighted by Gasteiger charge is 2.52. The summed E-state index contributed by atoms with van der Waals surface area (Å²) in [5.41, 5.74) is 0.982. The fourth-order valence-electron chi connectivity index (χ4n) is 2.63. The van der Waals surface area contributed by atoms with E-state index < -0.39 is 54.6 Å². The van der Waals surface area contributed by atoms with E-state index in [2.05, 4.69) is 0 Å². The number of rotatable bonds is 8. The molecule has 0 N–H and O–H groups in total. The lowest BCUT2D eigenvalue weighted by Gasteiger charge is -2.43. The molecule has 164 valence electrons. The lowest BCUT2D eigenvalue weighted by molar-refractivity contribution is -0.306. The van der Waals surface area contributed by atoms with Gasteiger partial charge in [-0.3, -0.25) is 19.2 Å². The molecule has 1 heterocycles. The molecule has 29 heavy (non-hydrogen) atoms. The zero-order valence-electron chi connectivity index (χ0n) is 17.5. The van der Waals surface area contributed by atoms with Crippen molar-refractivity contribution in [3.63, 3.8) is 0 Å². The Labute approximate surface area is 169 Å². The van der Waals surface area contributed by atoms with Gasteiger partial charge in [0.15, 0.2) is 24.6 Å².